The Balaban J connectivity index is 2.07. The summed E-state index contributed by atoms with van der Waals surface area (Å²) in [5, 5.41) is 0.493. The largest absolute Gasteiger partial charge is 0.380 e. The second-order valence-electron chi connectivity index (χ2n) is 3.85. The van der Waals surface area contributed by atoms with Crippen LogP contribution in [0.1, 0.15) is 19.8 Å². The zero-order valence-electron chi connectivity index (χ0n) is 9.40. The highest BCUT2D eigenvalue weighted by Gasteiger charge is 2.25. The maximum absolute atomic E-state index is 5.87. The lowest BCUT2D eigenvalue weighted by Crippen LogP contribution is -2.33. The molecule has 4 nitrogen and oxygen atoms in total. The van der Waals surface area contributed by atoms with E-state index in [1.165, 1.54) is 12.7 Å². The Morgan fingerprint density at radius 3 is 3.19 bits per heavy atom. The Morgan fingerprint density at radius 1 is 1.56 bits per heavy atom. The number of hydrogen-bond donors (Lipinski definition) is 0. The molecule has 0 aliphatic carbocycles. The molecule has 16 heavy (non-hydrogen) atoms. The van der Waals surface area contributed by atoms with Crippen LogP contribution in [-0.2, 0) is 4.74 Å². The van der Waals surface area contributed by atoms with Gasteiger partial charge in [-0.1, -0.05) is 11.6 Å². The molecule has 1 aliphatic rings. The molecule has 0 bridgehead atoms. The quantitative estimate of drug-likeness (QED) is 0.757. The number of anilines is 1. The first kappa shape index (κ1) is 11.6. The Kier molecular flexibility index (Phi) is 3.96. The zero-order valence-corrected chi connectivity index (χ0v) is 10.2. The fraction of sp³-hybridized carbons (Fsp3) is 0.636. The van der Waals surface area contributed by atoms with E-state index < -0.39 is 0 Å². The van der Waals surface area contributed by atoms with E-state index in [9.17, 15) is 0 Å². The van der Waals surface area contributed by atoms with Crippen molar-refractivity contribution in [2.75, 3.05) is 24.7 Å². The van der Waals surface area contributed by atoms with E-state index in [2.05, 4.69) is 14.9 Å². The standard InChI is InChI=1S/C11H16ClN3O/c1-2-16-7-9-4-3-5-15(9)11-6-10(12)13-8-14-11/h6,8-9H,2-5,7H2,1H3/t9-/m1/s1. The van der Waals surface area contributed by atoms with Gasteiger partial charge in [0.05, 0.1) is 12.6 Å². The molecule has 0 spiro atoms. The van der Waals surface area contributed by atoms with E-state index in [0.29, 0.717) is 11.2 Å². The number of ether oxygens (including phenoxy) is 1. The van der Waals surface area contributed by atoms with Crippen LogP contribution < -0.4 is 4.90 Å². The van der Waals surface area contributed by atoms with Crippen molar-refractivity contribution in [1.29, 1.82) is 0 Å². The predicted octanol–water partition coefficient (Wildman–Crippen LogP) is 2.14. The molecule has 0 N–H and O–H groups in total. The third-order valence-electron chi connectivity index (χ3n) is 2.81. The van der Waals surface area contributed by atoms with Crippen LogP contribution >= 0.6 is 11.6 Å². The van der Waals surface area contributed by atoms with Gasteiger partial charge in [0.2, 0.25) is 0 Å². The van der Waals surface area contributed by atoms with Gasteiger partial charge in [0.25, 0.3) is 0 Å². The molecule has 5 heteroatoms. The molecule has 0 unspecified atom stereocenters. The van der Waals surface area contributed by atoms with Gasteiger partial charge < -0.3 is 9.64 Å². The van der Waals surface area contributed by atoms with Crippen molar-refractivity contribution in [1.82, 2.24) is 9.97 Å². The molecule has 2 heterocycles. The van der Waals surface area contributed by atoms with Gasteiger partial charge in [0, 0.05) is 19.2 Å². The van der Waals surface area contributed by atoms with Crippen LogP contribution in [0.3, 0.4) is 0 Å². The highest BCUT2D eigenvalue weighted by Crippen LogP contribution is 2.24. The first-order chi connectivity index (χ1) is 7.81. The van der Waals surface area contributed by atoms with Gasteiger partial charge in [0.1, 0.15) is 17.3 Å². The van der Waals surface area contributed by atoms with Crippen molar-refractivity contribution < 1.29 is 4.74 Å². The number of nitrogens with zero attached hydrogens (tertiary/aromatic N) is 3. The molecular formula is C11H16ClN3O. The summed E-state index contributed by atoms with van der Waals surface area (Å²) in [7, 11) is 0. The van der Waals surface area contributed by atoms with Gasteiger partial charge in [-0.3, -0.25) is 0 Å². The van der Waals surface area contributed by atoms with E-state index in [0.717, 1.165) is 32.0 Å². The maximum Gasteiger partial charge on any atom is 0.134 e. The van der Waals surface area contributed by atoms with E-state index >= 15 is 0 Å². The van der Waals surface area contributed by atoms with Crippen LogP contribution in [0.15, 0.2) is 12.4 Å². The van der Waals surface area contributed by atoms with E-state index in [1.54, 1.807) is 0 Å². The van der Waals surface area contributed by atoms with Crippen molar-refractivity contribution in [3.8, 4) is 0 Å². The lowest BCUT2D eigenvalue weighted by atomic mass is 10.2. The summed E-state index contributed by atoms with van der Waals surface area (Å²) in [6.45, 7) is 4.55. The molecule has 88 valence electrons. The minimum atomic E-state index is 0.422. The summed E-state index contributed by atoms with van der Waals surface area (Å²) in [5.41, 5.74) is 0. The summed E-state index contributed by atoms with van der Waals surface area (Å²) >= 11 is 5.87. The molecule has 1 aromatic heterocycles. The number of hydrogen-bond acceptors (Lipinski definition) is 4. The maximum atomic E-state index is 5.87. The van der Waals surface area contributed by atoms with Crippen LogP contribution in [0.5, 0.6) is 0 Å². The average molecular weight is 242 g/mol. The molecule has 0 saturated carbocycles. The molecular weight excluding hydrogens is 226 g/mol. The first-order valence-electron chi connectivity index (χ1n) is 5.63. The minimum absolute atomic E-state index is 0.422. The molecule has 1 saturated heterocycles. The minimum Gasteiger partial charge on any atom is -0.380 e. The number of halogens is 1. The Labute approximate surface area is 101 Å². The predicted molar refractivity (Wildman–Crippen MR) is 63.9 cm³/mol. The van der Waals surface area contributed by atoms with Crippen LogP contribution in [0.4, 0.5) is 5.82 Å². The number of aromatic nitrogens is 2. The molecule has 0 aromatic carbocycles. The molecule has 2 rings (SSSR count). The third-order valence-corrected chi connectivity index (χ3v) is 3.01. The lowest BCUT2D eigenvalue weighted by Gasteiger charge is -2.25. The Hall–Kier alpha value is -0.870. The second-order valence-corrected chi connectivity index (χ2v) is 4.24. The lowest BCUT2D eigenvalue weighted by molar-refractivity contribution is 0.134. The van der Waals surface area contributed by atoms with Crippen molar-refractivity contribution in [3.63, 3.8) is 0 Å². The summed E-state index contributed by atoms with van der Waals surface area (Å²) in [6.07, 6.45) is 3.84. The van der Waals surface area contributed by atoms with E-state index in [-0.39, 0.29) is 0 Å². The van der Waals surface area contributed by atoms with Crippen LogP contribution in [-0.4, -0.2) is 35.8 Å². The van der Waals surface area contributed by atoms with Gasteiger partial charge >= 0.3 is 0 Å². The van der Waals surface area contributed by atoms with Crippen molar-refractivity contribution >= 4 is 17.4 Å². The number of rotatable bonds is 4. The highest BCUT2D eigenvalue weighted by molar-refractivity contribution is 6.29. The van der Waals surface area contributed by atoms with Gasteiger partial charge in [0.15, 0.2) is 0 Å². The van der Waals surface area contributed by atoms with Crippen LogP contribution in [0, 0.1) is 0 Å². The smallest absolute Gasteiger partial charge is 0.134 e. The highest BCUT2D eigenvalue weighted by atomic mass is 35.5. The summed E-state index contributed by atoms with van der Waals surface area (Å²) < 4.78 is 5.48. The average Bonchev–Trinajstić information content (AvgIpc) is 2.74. The molecule has 1 atom stereocenters. The van der Waals surface area contributed by atoms with Crippen molar-refractivity contribution in [2.45, 2.75) is 25.8 Å². The SMILES string of the molecule is CCOC[C@H]1CCCN1c1cc(Cl)ncn1. The fourth-order valence-corrected chi connectivity index (χ4v) is 2.19. The van der Waals surface area contributed by atoms with E-state index in [4.69, 9.17) is 16.3 Å². The topological polar surface area (TPSA) is 38.2 Å². The fourth-order valence-electron chi connectivity index (χ4n) is 2.05. The second kappa shape index (κ2) is 5.46. The first-order valence-corrected chi connectivity index (χ1v) is 6.01. The molecule has 0 radical (unpaired) electrons. The van der Waals surface area contributed by atoms with Crippen molar-refractivity contribution in [2.24, 2.45) is 0 Å². The monoisotopic (exact) mass is 241 g/mol. The van der Waals surface area contributed by atoms with Gasteiger partial charge in [-0.2, -0.15) is 0 Å². The third kappa shape index (κ3) is 2.62. The molecule has 1 fully saturated rings. The summed E-state index contributed by atoms with van der Waals surface area (Å²) in [4.78, 5) is 10.4. The molecule has 1 aliphatic heterocycles. The summed E-state index contributed by atoms with van der Waals surface area (Å²) in [6, 6.07) is 2.23. The normalized spacial score (nSPS) is 20.4. The van der Waals surface area contributed by atoms with E-state index in [1.807, 2.05) is 13.0 Å². The zero-order chi connectivity index (χ0) is 11.4. The summed E-state index contributed by atoms with van der Waals surface area (Å²) in [5.74, 6) is 0.905. The Morgan fingerprint density at radius 2 is 2.44 bits per heavy atom. The Bertz CT molecular complexity index is 348. The van der Waals surface area contributed by atoms with Crippen LogP contribution in [0.2, 0.25) is 5.15 Å². The van der Waals surface area contributed by atoms with Crippen LogP contribution in [0.25, 0.3) is 0 Å². The van der Waals surface area contributed by atoms with Crippen molar-refractivity contribution in [3.05, 3.63) is 17.5 Å². The molecule has 0 amide bonds. The van der Waals surface area contributed by atoms with Gasteiger partial charge in [-0.15, -0.1) is 0 Å². The van der Waals surface area contributed by atoms with Gasteiger partial charge in [-0.25, -0.2) is 9.97 Å². The molecule has 1 aromatic rings. The van der Waals surface area contributed by atoms with Gasteiger partial charge in [-0.05, 0) is 19.8 Å².